The molecule has 2 fully saturated rings. The number of carbonyl (C=O) groups is 2. The van der Waals surface area contributed by atoms with Gasteiger partial charge in [-0.3, -0.25) is 14.6 Å². The van der Waals surface area contributed by atoms with Crippen LogP contribution in [0.4, 0.5) is 4.79 Å². The van der Waals surface area contributed by atoms with Gasteiger partial charge in [0.2, 0.25) is 0 Å². The van der Waals surface area contributed by atoms with E-state index in [1.807, 2.05) is 16.7 Å². The van der Waals surface area contributed by atoms with Crippen LogP contribution in [0.15, 0.2) is 0 Å². The van der Waals surface area contributed by atoms with Crippen LogP contribution in [0.3, 0.4) is 0 Å². The standard InChI is InChI=1S/C17H32N4O3/c1-4-19(12-16(22)23)15-10-14(11-15)18-17(24)21-7-5-6-20(8-9-21)13(2)3/h13-15H,4-12H2,1-3H3,(H,18,24)(H,22,23). The van der Waals surface area contributed by atoms with E-state index in [4.69, 9.17) is 5.11 Å². The van der Waals surface area contributed by atoms with Gasteiger partial charge in [0.25, 0.3) is 0 Å². The second-order valence-electron chi connectivity index (χ2n) is 7.20. The Kier molecular flexibility index (Phi) is 6.86. The fourth-order valence-corrected chi connectivity index (χ4v) is 3.60. The maximum Gasteiger partial charge on any atom is 0.317 e. The number of rotatable bonds is 6. The lowest BCUT2D eigenvalue weighted by Gasteiger charge is -2.42. The monoisotopic (exact) mass is 340 g/mol. The van der Waals surface area contributed by atoms with Crippen LogP contribution in [0.5, 0.6) is 0 Å². The van der Waals surface area contributed by atoms with Crippen LogP contribution in [0.2, 0.25) is 0 Å². The van der Waals surface area contributed by atoms with Crippen molar-refractivity contribution in [2.75, 3.05) is 39.3 Å². The molecular weight excluding hydrogens is 308 g/mol. The quantitative estimate of drug-likeness (QED) is 0.756. The van der Waals surface area contributed by atoms with Gasteiger partial charge in [-0.15, -0.1) is 0 Å². The van der Waals surface area contributed by atoms with Gasteiger partial charge in [0.15, 0.2) is 0 Å². The normalized spacial score (nSPS) is 25.5. The van der Waals surface area contributed by atoms with E-state index in [-0.39, 0.29) is 24.7 Å². The molecule has 7 heteroatoms. The van der Waals surface area contributed by atoms with Gasteiger partial charge in [-0.05, 0) is 39.7 Å². The number of carboxylic acids is 1. The third-order valence-electron chi connectivity index (χ3n) is 5.25. The van der Waals surface area contributed by atoms with Gasteiger partial charge in [-0.1, -0.05) is 6.92 Å². The number of likely N-dealkylation sites (N-methyl/N-ethyl adjacent to an activating group) is 1. The molecule has 1 saturated heterocycles. The number of aliphatic carboxylic acids is 1. The molecule has 138 valence electrons. The van der Waals surface area contributed by atoms with Crippen molar-refractivity contribution < 1.29 is 14.7 Å². The van der Waals surface area contributed by atoms with E-state index in [0.29, 0.717) is 6.04 Å². The third kappa shape index (κ3) is 5.08. The summed E-state index contributed by atoms with van der Waals surface area (Å²) in [5.41, 5.74) is 0. The molecule has 0 radical (unpaired) electrons. The van der Waals surface area contributed by atoms with Gasteiger partial charge in [-0.2, -0.15) is 0 Å². The minimum Gasteiger partial charge on any atom is -0.480 e. The van der Waals surface area contributed by atoms with Gasteiger partial charge >= 0.3 is 12.0 Å². The predicted molar refractivity (Wildman–Crippen MR) is 93.1 cm³/mol. The molecule has 2 amide bonds. The molecular formula is C17H32N4O3. The van der Waals surface area contributed by atoms with E-state index in [2.05, 4.69) is 24.1 Å². The Morgan fingerprint density at radius 2 is 1.92 bits per heavy atom. The Labute approximate surface area is 145 Å². The molecule has 0 spiro atoms. The molecule has 0 bridgehead atoms. The zero-order chi connectivity index (χ0) is 17.7. The predicted octanol–water partition coefficient (Wildman–Crippen LogP) is 1.05. The van der Waals surface area contributed by atoms with Gasteiger partial charge < -0.3 is 15.3 Å². The first-order valence-electron chi connectivity index (χ1n) is 9.16. The Hall–Kier alpha value is -1.34. The zero-order valence-electron chi connectivity index (χ0n) is 15.2. The van der Waals surface area contributed by atoms with E-state index in [9.17, 15) is 9.59 Å². The number of nitrogens with one attached hydrogen (secondary N) is 1. The Morgan fingerprint density at radius 3 is 2.50 bits per heavy atom. The van der Waals surface area contributed by atoms with Crippen LogP contribution >= 0.6 is 0 Å². The SMILES string of the molecule is CCN(CC(=O)O)C1CC(NC(=O)N2CCCN(C(C)C)CC2)C1. The van der Waals surface area contributed by atoms with Gasteiger partial charge in [0.05, 0.1) is 6.54 Å². The molecule has 0 aromatic heterocycles. The highest BCUT2D eigenvalue weighted by atomic mass is 16.4. The highest BCUT2D eigenvalue weighted by Gasteiger charge is 2.35. The van der Waals surface area contributed by atoms with Crippen LogP contribution in [0, 0.1) is 0 Å². The average molecular weight is 340 g/mol. The number of amides is 2. The molecule has 1 heterocycles. The number of nitrogens with zero attached hydrogens (tertiary/aromatic N) is 3. The number of urea groups is 1. The molecule has 0 aromatic carbocycles. The molecule has 2 aliphatic rings. The topological polar surface area (TPSA) is 76.1 Å². The number of hydrogen-bond donors (Lipinski definition) is 2. The van der Waals surface area contributed by atoms with Gasteiger partial charge in [-0.25, -0.2) is 4.79 Å². The van der Waals surface area contributed by atoms with E-state index in [0.717, 1.165) is 52.0 Å². The smallest absolute Gasteiger partial charge is 0.317 e. The van der Waals surface area contributed by atoms with Crippen LogP contribution in [-0.4, -0.2) is 89.2 Å². The average Bonchev–Trinajstić information content (AvgIpc) is 2.74. The molecule has 7 nitrogen and oxygen atoms in total. The summed E-state index contributed by atoms with van der Waals surface area (Å²) in [4.78, 5) is 29.6. The van der Waals surface area contributed by atoms with Crippen molar-refractivity contribution in [3.8, 4) is 0 Å². The molecule has 1 aliphatic carbocycles. The van der Waals surface area contributed by atoms with Crippen LogP contribution in [0.25, 0.3) is 0 Å². The highest BCUT2D eigenvalue weighted by Crippen LogP contribution is 2.25. The second-order valence-corrected chi connectivity index (χ2v) is 7.20. The van der Waals surface area contributed by atoms with Crippen molar-refractivity contribution in [3.63, 3.8) is 0 Å². The minimum absolute atomic E-state index is 0.0327. The number of hydrogen-bond acceptors (Lipinski definition) is 4. The molecule has 0 atom stereocenters. The Bertz CT molecular complexity index is 438. The molecule has 1 saturated carbocycles. The lowest BCUT2D eigenvalue weighted by molar-refractivity contribution is -0.139. The van der Waals surface area contributed by atoms with Crippen molar-refractivity contribution in [3.05, 3.63) is 0 Å². The fourth-order valence-electron chi connectivity index (χ4n) is 3.60. The molecule has 0 unspecified atom stereocenters. The fraction of sp³-hybridized carbons (Fsp3) is 0.882. The largest absolute Gasteiger partial charge is 0.480 e. The number of carbonyl (C=O) groups excluding carboxylic acids is 1. The van der Waals surface area contributed by atoms with Crippen LogP contribution in [-0.2, 0) is 4.79 Å². The van der Waals surface area contributed by atoms with Crippen molar-refractivity contribution >= 4 is 12.0 Å². The zero-order valence-corrected chi connectivity index (χ0v) is 15.2. The molecule has 2 N–H and O–H groups in total. The first-order chi connectivity index (χ1) is 11.4. The second kappa shape index (κ2) is 8.67. The maximum atomic E-state index is 12.4. The first-order valence-corrected chi connectivity index (χ1v) is 9.16. The van der Waals surface area contributed by atoms with E-state index < -0.39 is 5.97 Å². The van der Waals surface area contributed by atoms with E-state index in [1.165, 1.54) is 0 Å². The number of carboxylic acid groups (broad SMARTS) is 1. The summed E-state index contributed by atoms with van der Waals surface area (Å²) < 4.78 is 0. The molecule has 0 aromatic rings. The third-order valence-corrected chi connectivity index (χ3v) is 5.25. The summed E-state index contributed by atoms with van der Waals surface area (Å²) in [5, 5.41) is 12.0. The Morgan fingerprint density at radius 1 is 1.21 bits per heavy atom. The summed E-state index contributed by atoms with van der Waals surface area (Å²) >= 11 is 0. The summed E-state index contributed by atoms with van der Waals surface area (Å²) in [7, 11) is 0. The summed E-state index contributed by atoms with van der Waals surface area (Å²) in [6, 6.07) is 1.01. The molecule has 24 heavy (non-hydrogen) atoms. The van der Waals surface area contributed by atoms with Gasteiger partial charge in [0.1, 0.15) is 0 Å². The van der Waals surface area contributed by atoms with Crippen molar-refractivity contribution in [2.24, 2.45) is 0 Å². The lowest BCUT2D eigenvalue weighted by Crippen LogP contribution is -2.57. The summed E-state index contributed by atoms with van der Waals surface area (Å²) in [5.74, 6) is -0.788. The Balaban J connectivity index is 1.73. The van der Waals surface area contributed by atoms with Crippen molar-refractivity contribution in [1.29, 1.82) is 0 Å². The summed E-state index contributed by atoms with van der Waals surface area (Å²) in [6.07, 6.45) is 2.71. The lowest BCUT2D eigenvalue weighted by atomic mass is 9.85. The maximum absolute atomic E-state index is 12.4. The highest BCUT2D eigenvalue weighted by molar-refractivity contribution is 5.74. The van der Waals surface area contributed by atoms with Crippen LogP contribution < -0.4 is 5.32 Å². The molecule has 1 aliphatic heterocycles. The van der Waals surface area contributed by atoms with E-state index in [1.54, 1.807) is 0 Å². The van der Waals surface area contributed by atoms with Crippen molar-refractivity contribution in [2.45, 2.75) is 58.2 Å². The minimum atomic E-state index is -0.788. The van der Waals surface area contributed by atoms with Crippen molar-refractivity contribution in [1.82, 2.24) is 20.0 Å². The first kappa shape index (κ1) is 19.0. The summed E-state index contributed by atoms with van der Waals surface area (Å²) in [6.45, 7) is 10.8. The van der Waals surface area contributed by atoms with Crippen LogP contribution in [0.1, 0.15) is 40.0 Å². The van der Waals surface area contributed by atoms with Gasteiger partial charge in [0, 0.05) is 44.3 Å². The van der Waals surface area contributed by atoms with E-state index >= 15 is 0 Å². The molecule has 2 rings (SSSR count).